The molecule has 0 N–H and O–H groups in total. The van der Waals surface area contributed by atoms with Gasteiger partial charge in [-0.1, -0.05) is 71.9 Å². The van der Waals surface area contributed by atoms with E-state index in [-0.39, 0.29) is 11.5 Å². The van der Waals surface area contributed by atoms with Crippen LogP contribution in [0.4, 0.5) is 0 Å². The largest absolute Gasteiger partial charge is 0.391 e. The molecule has 4 rings (SSSR count). The molecule has 2 aromatic carbocycles. The van der Waals surface area contributed by atoms with E-state index < -0.39 is 0 Å². The zero-order valence-corrected chi connectivity index (χ0v) is 16.6. The summed E-state index contributed by atoms with van der Waals surface area (Å²) in [7, 11) is 1.84. The van der Waals surface area contributed by atoms with Crippen LogP contribution in [0.5, 0.6) is 0 Å². The normalized spacial score (nSPS) is 21.5. The Morgan fingerprint density at radius 2 is 1.68 bits per heavy atom. The molecule has 0 radical (unpaired) electrons. The van der Waals surface area contributed by atoms with Gasteiger partial charge in [-0.2, -0.15) is 0 Å². The number of hydrogen-bond acceptors (Lipinski definition) is 3. The fraction of sp³-hybridized carbons (Fsp3) is 0.320. The molecule has 0 saturated heterocycles. The van der Waals surface area contributed by atoms with Gasteiger partial charge in [-0.3, -0.25) is 0 Å². The molecule has 2 aromatic rings. The molecule has 3 heteroatoms. The van der Waals surface area contributed by atoms with Gasteiger partial charge in [0.25, 0.3) is 0 Å². The van der Waals surface area contributed by atoms with E-state index in [1.807, 2.05) is 38.3 Å². The summed E-state index contributed by atoms with van der Waals surface area (Å²) in [4.78, 5) is 5.69. The molecule has 144 valence electrons. The summed E-state index contributed by atoms with van der Waals surface area (Å²) in [6.07, 6.45) is 10.7. The fourth-order valence-corrected chi connectivity index (χ4v) is 4.54. The number of rotatable bonds is 6. The molecule has 0 saturated carbocycles. The second-order valence-corrected chi connectivity index (χ2v) is 7.53. The van der Waals surface area contributed by atoms with Crippen LogP contribution in [0, 0.1) is 5.92 Å². The van der Waals surface area contributed by atoms with Crippen molar-refractivity contribution >= 4 is 5.71 Å². The molecule has 0 bridgehead atoms. The van der Waals surface area contributed by atoms with E-state index in [1.165, 1.54) is 22.3 Å². The highest BCUT2D eigenvalue weighted by atomic mass is 16.6. The van der Waals surface area contributed by atoms with Gasteiger partial charge in [0.15, 0.2) is 0 Å². The molecule has 1 atom stereocenters. The lowest BCUT2D eigenvalue weighted by Gasteiger charge is -2.34. The smallest absolute Gasteiger partial charge is 0.135 e. The Morgan fingerprint density at radius 1 is 1.00 bits per heavy atom. The zero-order chi connectivity index (χ0) is 19.4. The highest BCUT2D eigenvalue weighted by Gasteiger charge is 2.49. The standard InChI is InChI=1S/C25H27NO2/c1-3-4-5-10-15-28-26-24-22-14-9-8-11-19(22)16-23(24)25(27-2)17-20-12-6-7-13-21(20)18-25/h3-14,23H,15-18H2,1-2H3/b4-3-,10-5+,26-24+. The number of oxime groups is 1. The van der Waals surface area contributed by atoms with Gasteiger partial charge < -0.3 is 9.57 Å². The lowest BCUT2D eigenvalue weighted by Crippen LogP contribution is -2.44. The quantitative estimate of drug-likeness (QED) is 0.410. The van der Waals surface area contributed by atoms with Crippen LogP contribution in [-0.4, -0.2) is 25.0 Å². The minimum Gasteiger partial charge on any atom is -0.391 e. The summed E-state index contributed by atoms with van der Waals surface area (Å²) in [6, 6.07) is 17.2. The van der Waals surface area contributed by atoms with Crippen LogP contribution in [0.15, 0.2) is 78.0 Å². The predicted molar refractivity (Wildman–Crippen MR) is 114 cm³/mol. The predicted octanol–water partition coefficient (Wildman–Crippen LogP) is 4.90. The molecule has 2 aliphatic carbocycles. The molecule has 1 unspecified atom stereocenters. The van der Waals surface area contributed by atoms with E-state index in [9.17, 15) is 0 Å². The molecule has 0 amide bonds. The summed E-state index contributed by atoms with van der Waals surface area (Å²) in [6.45, 7) is 2.46. The Kier molecular flexibility index (Phi) is 5.45. The van der Waals surface area contributed by atoms with Crippen LogP contribution in [0.2, 0.25) is 0 Å². The van der Waals surface area contributed by atoms with Gasteiger partial charge in [0.1, 0.15) is 6.61 Å². The maximum Gasteiger partial charge on any atom is 0.135 e. The van der Waals surface area contributed by atoms with E-state index >= 15 is 0 Å². The van der Waals surface area contributed by atoms with Crippen molar-refractivity contribution in [3.8, 4) is 0 Å². The Hall–Kier alpha value is -2.65. The first kappa shape index (κ1) is 18.7. The van der Waals surface area contributed by atoms with E-state index in [0.717, 1.165) is 25.0 Å². The highest BCUT2D eigenvalue weighted by Crippen LogP contribution is 2.44. The first-order chi connectivity index (χ1) is 13.8. The van der Waals surface area contributed by atoms with Crippen molar-refractivity contribution in [1.29, 1.82) is 0 Å². The van der Waals surface area contributed by atoms with Gasteiger partial charge in [0.2, 0.25) is 0 Å². The van der Waals surface area contributed by atoms with Crippen molar-refractivity contribution in [3.63, 3.8) is 0 Å². The van der Waals surface area contributed by atoms with Crippen LogP contribution in [-0.2, 0) is 28.8 Å². The van der Waals surface area contributed by atoms with Gasteiger partial charge >= 0.3 is 0 Å². The third kappa shape index (κ3) is 3.43. The molecule has 0 fully saturated rings. The molecule has 3 nitrogen and oxygen atoms in total. The molecule has 0 spiro atoms. The number of ether oxygens (including phenoxy) is 1. The van der Waals surface area contributed by atoms with Crippen molar-refractivity contribution in [2.24, 2.45) is 11.1 Å². The Bertz CT molecular complexity index is 901. The fourth-order valence-electron chi connectivity index (χ4n) is 4.54. The zero-order valence-electron chi connectivity index (χ0n) is 16.6. The van der Waals surface area contributed by atoms with Gasteiger partial charge in [-0.05, 0) is 36.1 Å². The van der Waals surface area contributed by atoms with Crippen molar-refractivity contribution in [2.75, 3.05) is 13.7 Å². The lowest BCUT2D eigenvalue weighted by molar-refractivity contribution is -0.0288. The van der Waals surface area contributed by atoms with Crippen LogP contribution in [0.3, 0.4) is 0 Å². The number of fused-ring (bicyclic) bond motifs is 2. The first-order valence-electron chi connectivity index (χ1n) is 9.95. The van der Waals surface area contributed by atoms with Crippen molar-refractivity contribution in [3.05, 3.63) is 95.1 Å². The van der Waals surface area contributed by atoms with E-state index in [2.05, 4.69) is 53.7 Å². The summed E-state index contributed by atoms with van der Waals surface area (Å²) in [5, 5.41) is 4.61. The van der Waals surface area contributed by atoms with Crippen LogP contribution < -0.4 is 0 Å². The first-order valence-corrected chi connectivity index (χ1v) is 9.95. The minimum absolute atomic E-state index is 0.182. The SMILES string of the molecule is C/C=C\C=C\CO/N=C1\c2ccccc2CC1C1(OC)Cc2ccccc2C1. The lowest BCUT2D eigenvalue weighted by atomic mass is 9.81. The molecule has 0 heterocycles. The van der Waals surface area contributed by atoms with Crippen LogP contribution in [0.25, 0.3) is 0 Å². The van der Waals surface area contributed by atoms with Crippen LogP contribution in [0.1, 0.15) is 29.2 Å². The molecular weight excluding hydrogens is 346 g/mol. The summed E-state index contributed by atoms with van der Waals surface area (Å²) < 4.78 is 6.23. The maximum absolute atomic E-state index is 6.23. The number of nitrogens with zero attached hydrogens (tertiary/aromatic N) is 1. The minimum atomic E-state index is -0.272. The third-order valence-electron chi connectivity index (χ3n) is 5.96. The maximum atomic E-state index is 6.23. The summed E-state index contributed by atoms with van der Waals surface area (Å²) >= 11 is 0. The van der Waals surface area contributed by atoms with E-state index in [0.29, 0.717) is 6.61 Å². The Labute approximate surface area is 167 Å². The average molecular weight is 373 g/mol. The topological polar surface area (TPSA) is 30.8 Å². The summed E-state index contributed by atoms with van der Waals surface area (Å²) in [5.74, 6) is 0.182. The molecular formula is C25H27NO2. The number of methoxy groups -OCH3 is 1. The highest BCUT2D eigenvalue weighted by molar-refractivity contribution is 6.06. The molecule has 2 aliphatic rings. The van der Waals surface area contributed by atoms with Gasteiger partial charge in [-0.15, -0.1) is 0 Å². The van der Waals surface area contributed by atoms with Gasteiger partial charge in [0, 0.05) is 31.4 Å². The monoisotopic (exact) mass is 373 g/mol. The van der Waals surface area contributed by atoms with Crippen molar-refractivity contribution in [2.45, 2.75) is 31.8 Å². The molecule has 0 aliphatic heterocycles. The Morgan fingerprint density at radius 3 is 2.36 bits per heavy atom. The molecule has 28 heavy (non-hydrogen) atoms. The second kappa shape index (κ2) is 8.15. The third-order valence-corrected chi connectivity index (χ3v) is 5.96. The van der Waals surface area contributed by atoms with E-state index in [4.69, 9.17) is 9.57 Å². The number of benzene rings is 2. The second-order valence-electron chi connectivity index (χ2n) is 7.53. The Balaban J connectivity index is 1.63. The molecule has 0 aromatic heterocycles. The van der Waals surface area contributed by atoms with Crippen LogP contribution >= 0.6 is 0 Å². The van der Waals surface area contributed by atoms with E-state index in [1.54, 1.807) is 0 Å². The number of hydrogen-bond donors (Lipinski definition) is 0. The summed E-state index contributed by atoms with van der Waals surface area (Å²) in [5.41, 5.74) is 6.03. The van der Waals surface area contributed by atoms with Gasteiger partial charge in [0.05, 0.1) is 11.3 Å². The van der Waals surface area contributed by atoms with Crippen molar-refractivity contribution < 1.29 is 9.57 Å². The van der Waals surface area contributed by atoms with Crippen molar-refractivity contribution in [1.82, 2.24) is 0 Å². The number of allylic oxidation sites excluding steroid dienone is 3. The van der Waals surface area contributed by atoms with Gasteiger partial charge in [-0.25, -0.2) is 0 Å². The average Bonchev–Trinajstić information content (AvgIpc) is 3.30.